The van der Waals surface area contributed by atoms with Gasteiger partial charge in [0.1, 0.15) is 22.8 Å². The number of fused-ring (bicyclic) bond motifs is 2. The molecule has 0 fully saturated rings. The van der Waals surface area contributed by atoms with Crippen molar-refractivity contribution in [2.75, 3.05) is 21.3 Å². The molecule has 0 saturated carbocycles. The van der Waals surface area contributed by atoms with Crippen LogP contribution in [0.4, 0.5) is 0 Å². The van der Waals surface area contributed by atoms with Crippen LogP contribution in [0.3, 0.4) is 0 Å². The van der Waals surface area contributed by atoms with Gasteiger partial charge in [-0.1, -0.05) is 84.9 Å². The van der Waals surface area contributed by atoms with E-state index in [-0.39, 0.29) is 0 Å². The Morgan fingerprint density at radius 2 is 0.718 bits per heavy atom. The van der Waals surface area contributed by atoms with E-state index in [1.165, 1.54) is 0 Å². The highest BCUT2D eigenvalue weighted by Crippen LogP contribution is 2.57. The minimum absolute atomic E-state index is 0.704. The third kappa shape index (κ3) is 3.63. The van der Waals surface area contributed by atoms with Crippen molar-refractivity contribution in [1.29, 1.82) is 0 Å². The average molecular weight is 515 g/mol. The predicted octanol–water partition coefficient (Wildman–Crippen LogP) is 6.69. The van der Waals surface area contributed by atoms with Crippen LogP contribution >= 0.6 is 0 Å². The van der Waals surface area contributed by atoms with Crippen molar-refractivity contribution < 1.29 is 19.3 Å². The zero-order valence-electron chi connectivity index (χ0n) is 22.2. The number of aliphatic hydroxyl groups is 1. The highest BCUT2D eigenvalue weighted by atomic mass is 16.5. The van der Waals surface area contributed by atoms with Crippen molar-refractivity contribution in [2.24, 2.45) is 0 Å². The summed E-state index contributed by atoms with van der Waals surface area (Å²) in [6.45, 7) is 0. The molecule has 0 aromatic heterocycles. The molecule has 1 aliphatic rings. The van der Waals surface area contributed by atoms with Crippen LogP contribution in [-0.2, 0) is 11.0 Å². The first-order valence-electron chi connectivity index (χ1n) is 12.9. The molecule has 0 bridgehead atoms. The van der Waals surface area contributed by atoms with Gasteiger partial charge in [-0.2, -0.15) is 0 Å². The second-order valence-corrected chi connectivity index (χ2v) is 9.74. The maximum Gasteiger partial charge on any atom is 0.141 e. The van der Waals surface area contributed by atoms with E-state index < -0.39 is 11.0 Å². The third-order valence-electron chi connectivity index (χ3n) is 8.00. The van der Waals surface area contributed by atoms with Gasteiger partial charge < -0.3 is 19.3 Å². The molecule has 0 heterocycles. The minimum Gasteiger partial charge on any atom is -0.497 e. The molecule has 5 aromatic carbocycles. The number of methoxy groups -OCH3 is 3. The largest absolute Gasteiger partial charge is 0.497 e. The van der Waals surface area contributed by atoms with Crippen LogP contribution in [0.15, 0.2) is 121 Å². The zero-order chi connectivity index (χ0) is 27.0. The Labute approximate surface area is 229 Å². The Hall–Kier alpha value is -4.54. The molecule has 1 aliphatic carbocycles. The van der Waals surface area contributed by atoms with Gasteiger partial charge in [-0.15, -0.1) is 0 Å². The molecule has 0 radical (unpaired) electrons. The number of rotatable bonds is 6. The summed E-state index contributed by atoms with van der Waals surface area (Å²) in [5.41, 5.74) is 4.54. The van der Waals surface area contributed by atoms with Gasteiger partial charge in [0.2, 0.25) is 0 Å². The second kappa shape index (κ2) is 9.64. The molecule has 0 saturated heterocycles. The summed E-state index contributed by atoms with van der Waals surface area (Å²) in [6.07, 6.45) is 0. The first-order chi connectivity index (χ1) is 19.1. The lowest BCUT2D eigenvalue weighted by atomic mass is 9.55. The lowest BCUT2D eigenvalue weighted by Gasteiger charge is -2.48. The third-order valence-corrected chi connectivity index (χ3v) is 8.00. The van der Waals surface area contributed by atoms with Crippen LogP contribution in [0.5, 0.6) is 17.2 Å². The Bertz CT molecular complexity index is 1510. The summed E-state index contributed by atoms with van der Waals surface area (Å²) in [4.78, 5) is 0. The molecule has 0 aliphatic heterocycles. The van der Waals surface area contributed by atoms with Crippen molar-refractivity contribution in [1.82, 2.24) is 0 Å². The first-order valence-corrected chi connectivity index (χ1v) is 12.9. The zero-order valence-corrected chi connectivity index (χ0v) is 22.2. The van der Waals surface area contributed by atoms with Gasteiger partial charge in [0.15, 0.2) is 0 Å². The standard InChI is InChI=1S/C35H30O4/c1-37-27-18-12-24(13-19-27)34(25-14-20-28(38-2)21-15-25)30-8-4-6-10-32(30)35(36,33-11-7-5-9-31(33)34)26-16-22-29(39-3)23-17-26/h4-23,36H,1-3H3. The fourth-order valence-electron chi connectivity index (χ4n) is 6.16. The Morgan fingerprint density at radius 1 is 0.410 bits per heavy atom. The lowest BCUT2D eigenvalue weighted by molar-refractivity contribution is 0.118. The van der Waals surface area contributed by atoms with E-state index in [2.05, 4.69) is 36.4 Å². The number of ether oxygens (including phenoxy) is 3. The van der Waals surface area contributed by atoms with Crippen molar-refractivity contribution in [3.63, 3.8) is 0 Å². The van der Waals surface area contributed by atoms with Crippen LogP contribution in [0.25, 0.3) is 0 Å². The summed E-state index contributed by atoms with van der Waals surface area (Å²) in [6, 6.07) is 40.6. The molecule has 6 rings (SSSR count). The van der Waals surface area contributed by atoms with E-state index in [4.69, 9.17) is 14.2 Å². The van der Waals surface area contributed by atoms with Gasteiger partial charge in [-0.05, 0) is 75.3 Å². The summed E-state index contributed by atoms with van der Waals surface area (Å²) >= 11 is 0. The van der Waals surface area contributed by atoms with E-state index in [0.717, 1.165) is 56.2 Å². The molecular formula is C35H30O4. The van der Waals surface area contributed by atoms with E-state index in [1.54, 1.807) is 21.3 Å². The van der Waals surface area contributed by atoms with Crippen molar-refractivity contribution in [2.45, 2.75) is 11.0 Å². The van der Waals surface area contributed by atoms with E-state index in [9.17, 15) is 5.11 Å². The predicted molar refractivity (Wildman–Crippen MR) is 153 cm³/mol. The van der Waals surface area contributed by atoms with Crippen LogP contribution in [0, 0.1) is 0 Å². The van der Waals surface area contributed by atoms with Crippen molar-refractivity contribution >= 4 is 0 Å². The van der Waals surface area contributed by atoms with Crippen LogP contribution in [0.1, 0.15) is 38.9 Å². The number of hydrogen-bond donors (Lipinski definition) is 1. The smallest absolute Gasteiger partial charge is 0.141 e. The quantitative estimate of drug-likeness (QED) is 0.274. The molecule has 194 valence electrons. The highest BCUT2D eigenvalue weighted by molar-refractivity contribution is 5.71. The average Bonchev–Trinajstić information content (AvgIpc) is 3.02. The summed E-state index contributed by atoms with van der Waals surface area (Å²) < 4.78 is 16.4. The molecule has 0 amide bonds. The van der Waals surface area contributed by atoms with Crippen LogP contribution < -0.4 is 14.2 Å². The van der Waals surface area contributed by atoms with Crippen LogP contribution in [0.2, 0.25) is 0 Å². The molecule has 0 atom stereocenters. The molecule has 39 heavy (non-hydrogen) atoms. The fourth-order valence-corrected chi connectivity index (χ4v) is 6.16. The molecule has 0 spiro atoms. The Balaban J connectivity index is 1.74. The summed E-state index contributed by atoms with van der Waals surface area (Å²) in [5.74, 6) is 2.32. The van der Waals surface area contributed by atoms with Crippen molar-refractivity contribution in [3.8, 4) is 17.2 Å². The topological polar surface area (TPSA) is 47.9 Å². The number of benzene rings is 5. The van der Waals surface area contributed by atoms with E-state index in [0.29, 0.717) is 0 Å². The van der Waals surface area contributed by atoms with Crippen LogP contribution in [-0.4, -0.2) is 26.4 Å². The van der Waals surface area contributed by atoms with Gasteiger partial charge in [0, 0.05) is 0 Å². The van der Waals surface area contributed by atoms with Gasteiger partial charge >= 0.3 is 0 Å². The van der Waals surface area contributed by atoms with E-state index >= 15 is 0 Å². The summed E-state index contributed by atoms with van der Waals surface area (Å²) in [5, 5.41) is 12.8. The fraction of sp³-hybridized carbons (Fsp3) is 0.143. The van der Waals surface area contributed by atoms with Gasteiger partial charge in [-0.25, -0.2) is 0 Å². The van der Waals surface area contributed by atoms with Gasteiger partial charge in [0.05, 0.1) is 26.7 Å². The SMILES string of the molecule is COc1ccc(C2(O)c3ccccc3C(c3ccc(OC)cc3)(c3ccc(OC)cc3)c3ccccc32)cc1. The minimum atomic E-state index is -1.37. The number of hydrogen-bond acceptors (Lipinski definition) is 4. The monoisotopic (exact) mass is 514 g/mol. The Kier molecular flexibility index (Phi) is 6.13. The molecule has 1 N–H and O–H groups in total. The van der Waals surface area contributed by atoms with Crippen molar-refractivity contribution in [3.05, 3.63) is 160 Å². The normalized spacial score (nSPS) is 14.6. The highest BCUT2D eigenvalue weighted by Gasteiger charge is 2.52. The maximum absolute atomic E-state index is 12.8. The molecule has 5 aromatic rings. The molecule has 4 heteroatoms. The molecular weight excluding hydrogens is 484 g/mol. The lowest BCUT2D eigenvalue weighted by Crippen LogP contribution is -2.44. The Morgan fingerprint density at radius 3 is 1.05 bits per heavy atom. The second-order valence-electron chi connectivity index (χ2n) is 9.74. The first kappa shape index (κ1) is 24.8. The van der Waals surface area contributed by atoms with Gasteiger partial charge in [-0.3, -0.25) is 0 Å². The molecule has 4 nitrogen and oxygen atoms in total. The maximum atomic E-state index is 12.8. The van der Waals surface area contributed by atoms with E-state index in [1.807, 2.05) is 84.9 Å². The molecule has 0 unspecified atom stereocenters. The van der Waals surface area contributed by atoms with Gasteiger partial charge in [0.25, 0.3) is 0 Å². The summed E-state index contributed by atoms with van der Waals surface area (Å²) in [7, 11) is 5.00.